The predicted octanol–water partition coefficient (Wildman–Crippen LogP) is 3.42. The Labute approximate surface area is 100.0 Å². The van der Waals surface area contributed by atoms with Crippen LogP contribution in [0.4, 0.5) is 10.2 Å². The molecule has 1 aromatic heterocycles. The molecular weight excluding hydrogens is 215 g/mol. The summed E-state index contributed by atoms with van der Waals surface area (Å²) in [5.74, 6) is 1.43. The fraction of sp³-hybridized carbons (Fsp3) is 0.214. The Bertz CT molecular complexity index is 614. The van der Waals surface area contributed by atoms with Gasteiger partial charge in [0.15, 0.2) is 0 Å². The maximum Gasteiger partial charge on any atom is 0.129 e. The summed E-state index contributed by atoms with van der Waals surface area (Å²) in [7, 11) is 0. The van der Waals surface area contributed by atoms with E-state index >= 15 is 0 Å². The Balaban J connectivity index is 0.000001000. The first-order chi connectivity index (χ1) is 8.31. The van der Waals surface area contributed by atoms with E-state index in [-0.39, 0.29) is 7.24 Å². The molecule has 1 aliphatic heterocycles. The van der Waals surface area contributed by atoms with Crippen molar-refractivity contribution in [2.75, 3.05) is 5.32 Å². The second-order valence-corrected chi connectivity index (χ2v) is 4.77. The van der Waals surface area contributed by atoms with E-state index in [2.05, 4.69) is 16.4 Å². The quantitative estimate of drug-likeness (QED) is 0.809. The molecule has 0 spiro atoms. The second kappa shape index (κ2) is 3.06. The summed E-state index contributed by atoms with van der Waals surface area (Å²) in [6, 6.07) is 9.40. The molecule has 2 heterocycles. The third-order valence-corrected chi connectivity index (χ3v) is 3.59. The lowest BCUT2D eigenvalue weighted by Crippen LogP contribution is -1.98. The number of anilines is 1. The number of nitrogens with one attached hydrogen (secondary N) is 1. The average Bonchev–Trinajstić information content (AvgIpc) is 3.02. The summed E-state index contributed by atoms with van der Waals surface area (Å²) >= 11 is 0. The SMILES string of the molecule is Fc1cccc(-c2cnc3c(c2)C2CC2N3)c1.[HH]. The second-order valence-electron chi connectivity index (χ2n) is 4.77. The normalized spacial score (nSPS) is 23.8. The van der Waals surface area contributed by atoms with E-state index in [0.29, 0.717) is 12.0 Å². The molecular formula is C14H13FN2. The van der Waals surface area contributed by atoms with Crippen molar-refractivity contribution in [2.24, 2.45) is 0 Å². The highest BCUT2D eigenvalue weighted by Crippen LogP contribution is 2.51. The molecule has 2 atom stereocenters. The molecule has 2 aliphatic rings. The number of pyridine rings is 1. The van der Waals surface area contributed by atoms with E-state index in [0.717, 1.165) is 16.9 Å². The van der Waals surface area contributed by atoms with Crippen LogP contribution in [0.5, 0.6) is 0 Å². The van der Waals surface area contributed by atoms with Gasteiger partial charge in [-0.15, -0.1) is 0 Å². The minimum Gasteiger partial charge on any atom is -0.366 e. The molecule has 1 saturated carbocycles. The van der Waals surface area contributed by atoms with E-state index in [1.807, 2.05) is 12.3 Å². The summed E-state index contributed by atoms with van der Waals surface area (Å²) < 4.78 is 13.2. The topological polar surface area (TPSA) is 24.9 Å². The van der Waals surface area contributed by atoms with Crippen molar-refractivity contribution in [2.45, 2.75) is 18.4 Å². The van der Waals surface area contributed by atoms with Gasteiger partial charge in [-0.1, -0.05) is 12.1 Å². The van der Waals surface area contributed by atoms with Crippen LogP contribution in [-0.2, 0) is 0 Å². The molecule has 0 amide bonds. The first kappa shape index (κ1) is 9.16. The van der Waals surface area contributed by atoms with Crippen molar-refractivity contribution < 1.29 is 5.82 Å². The molecule has 1 N–H and O–H groups in total. The van der Waals surface area contributed by atoms with Gasteiger partial charge >= 0.3 is 0 Å². The van der Waals surface area contributed by atoms with Crippen LogP contribution in [0.3, 0.4) is 0 Å². The van der Waals surface area contributed by atoms with Gasteiger partial charge in [0, 0.05) is 30.7 Å². The number of aromatic nitrogens is 1. The van der Waals surface area contributed by atoms with E-state index in [9.17, 15) is 4.39 Å². The first-order valence-corrected chi connectivity index (χ1v) is 5.84. The van der Waals surface area contributed by atoms with E-state index in [1.54, 1.807) is 12.1 Å². The Morgan fingerprint density at radius 1 is 1.29 bits per heavy atom. The highest BCUT2D eigenvalue weighted by molar-refractivity contribution is 5.69. The van der Waals surface area contributed by atoms with E-state index in [1.165, 1.54) is 18.1 Å². The van der Waals surface area contributed by atoms with Gasteiger partial charge in [-0.25, -0.2) is 9.37 Å². The number of hydrogen-bond donors (Lipinski definition) is 1. The maximum atomic E-state index is 13.2. The van der Waals surface area contributed by atoms with Crippen molar-refractivity contribution in [1.82, 2.24) is 4.98 Å². The zero-order valence-electron chi connectivity index (χ0n) is 9.15. The smallest absolute Gasteiger partial charge is 0.129 e. The largest absolute Gasteiger partial charge is 0.366 e. The molecule has 17 heavy (non-hydrogen) atoms. The molecule has 86 valence electrons. The van der Waals surface area contributed by atoms with Gasteiger partial charge in [-0.3, -0.25) is 0 Å². The molecule has 0 bridgehead atoms. The van der Waals surface area contributed by atoms with Crippen molar-refractivity contribution in [1.29, 1.82) is 0 Å². The average molecular weight is 228 g/mol. The molecule has 1 aromatic carbocycles. The highest BCUT2D eigenvalue weighted by atomic mass is 19.1. The van der Waals surface area contributed by atoms with Gasteiger partial charge in [-0.2, -0.15) is 0 Å². The summed E-state index contributed by atoms with van der Waals surface area (Å²) in [4.78, 5) is 4.41. The molecule has 1 fully saturated rings. The fourth-order valence-corrected chi connectivity index (χ4v) is 2.58. The van der Waals surface area contributed by atoms with E-state index < -0.39 is 0 Å². The van der Waals surface area contributed by atoms with E-state index in [4.69, 9.17) is 0 Å². The molecule has 3 heteroatoms. The molecule has 1 aliphatic carbocycles. The monoisotopic (exact) mass is 228 g/mol. The van der Waals surface area contributed by atoms with Crippen molar-refractivity contribution in [3.8, 4) is 11.1 Å². The fourth-order valence-electron chi connectivity index (χ4n) is 2.58. The van der Waals surface area contributed by atoms with Crippen molar-refractivity contribution in [3.05, 3.63) is 47.9 Å². The zero-order valence-corrected chi connectivity index (χ0v) is 9.15. The summed E-state index contributed by atoms with van der Waals surface area (Å²) in [6.07, 6.45) is 3.02. The Morgan fingerprint density at radius 3 is 3.12 bits per heavy atom. The molecule has 0 saturated heterocycles. The van der Waals surface area contributed by atoms with Gasteiger partial charge in [-0.05, 0) is 30.2 Å². The third kappa shape index (κ3) is 1.35. The van der Waals surface area contributed by atoms with Crippen molar-refractivity contribution >= 4 is 5.82 Å². The molecule has 2 unspecified atom stereocenters. The Hall–Kier alpha value is -1.90. The molecule has 2 aromatic rings. The van der Waals surface area contributed by atoms with Crippen LogP contribution in [0.15, 0.2) is 36.5 Å². The van der Waals surface area contributed by atoms with Crippen molar-refractivity contribution in [3.63, 3.8) is 0 Å². The van der Waals surface area contributed by atoms with Crippen LogP contribution >= 0.6 is 0 Å². The van der Waals surface area contributed by atoms with Gasteiger partial charge in [0.2, 0.25) is 0 Å². The Kier molecular flexibility index (Phi) is 1.65. The number of nitrogens with zero attached hydrogens (tertiary/aromatic N) is 1. The summed E-state index contributed by atoms with van der Waals surface area (Å²) in [5.41, 5.74) is 3.18. The maximum absolute atomic E-state index is 13.2. The first-order valence-electron chi connectivity index (χ1n) is 5.84. The van der Waals surface area contributed by atoms with Crippen LogP contribution in [0.1, 0.15) is 19.3 Å². The number of benzene rings is 1. The summed E-state index contributed by atoms with van der Waals surface area (Å²) in [5, 5.41) is 3.38. The lowest BCUT2D eigenvalue weighted by Gasteiger charge is -2.06. The van der Waals surface area contributed by atoms with Gasteiger partial charge in [0.25, 0.3) is 0 Å². The minimum absolute atomic E-state index is 0. The highest BCUT2D eigenvalue weighted by Gasteiger charge is 2.46. The summed E-state index contributed by atoms with van der Waals surface area (Å²) in [6.45, 7) is 0. The molecule has 2 nitrogen and oxygen atoms in total. The number of fused-ring (bicyclic) bond motifs is 3. The van der Waals surface area contributed by atoms with Crippen LogP contribution in [0, 0.1) is 5.82 Å². The lowest BCUT2D eigenvalue weighted by molar-refractivity contribution is 0.628. The third-order valence-electron chi connectivity index (χ3n) is 3.59. The zero-order chi connectivity index (χ0) is 11.4. The molecule has 0 radical (unpaired) electrons. The van der Waals surface area contributed by atoms with Gasteiger partial charge in [0.1, 0.15) is 11.6 Å². The van der Waals surface area contributed by atoms with Gasteiger partial charge in [0.05, 0.1) is 0 Å². The van der Waals surface area contributed by atoms with Crippen LogP contribution in [0.2, 0.25) is 0 Å². The Morgan fingerprint density at radius 2 is 2.24 bits per heavy atom. The number of halogens is 1. The predicted molar refractivity (Wildman–Crippen MR) is 66.5 cm³/mol. The minimum atomic E-state index is -0.203. The standard InChI is InChI=1S/C14H11FN2.H2/c15-10-3-1-2-8(4-10)9-5-12-11-6-13(11)17-14(12)16-7-9;/h1-5,7,11,13H,6H2,(H,16,17);1H. The van der Waals surface area contributed by atoms with Crippen LogP contribution in [0.25, 0.3) is 11.1 Å². The number of hydrogen-bond acceptors (Lipinski definition) is 2. The van der Waals surface area contributed by atoms with Crippen LogP contribution in [-0.4, -0.2) is 11.0 Å². The van der Waals surface area contributed by atoms with Gasteiger partial charge < -0.3 is 5.32 Å². The number of rotatable bonds is 1. The van der Waals surface area contributed by atoms with Crippen LogP contribution < -0.4 is 5.32 Å². The lowest BCUT2D eigenvalue weighted by atomic mass is 10.0. The molecule has 4 rings (SSSR count).